The first kappa shape index (κ1) is 13.8. The molecule has 2 fully saturated rings. The number of hydrogen-bond donors (Lipinski definition) is 1. The van der Waals surface area contributed by atoms with Gasteiger partial charge >= 0.3 is 0 Å². The molecule has 1 aliphatic carbocycles. The Morgan fingerprint density at radius 2 is 2.00 bits per heavy atom. The Balaban J connectivity index is 1.56. The van der Waals surface area contributed by atoms with Crippen LogP contribution in [0.15, 0.2) is 36.8 Å². The zero-order valence-electron chi connectivity index (χ0n) is 13.2. The summed E-state index contributed by atoms with van der Waals surface area (Å²) in [6.07, 6.45) is 7.82. The van der Waals surface area contributed by atoms with E-state index in [4.69, 9.17) is 4.74 Å². The second-order valence-electron chi connectivity index (χ2n) is 7.34. The summed E-state index contributed by atoms with van der Waals surface area (Å²) in [5.41, 5.74) is 3.88. The summed E-state index contributed by atoms with van der Waals surface area (Å²) >= 11 is 0. The van der Waals surface area contributed by atoms with Crippen molar-refractivity contribution >= 4 is 0 Å². The summed E-state index contributed by atoms with van der Waals surface area (Å²) in [6.45, 7) is 1.59. The highest BCUT2D eigenvalue weighted by atomic mass is 16.5. The number of hydrogen-bond acceptors (Lipinski definition) is 3. The SMILES string of the molecule is O[C@H]1[C@H]([C@@H]2c3ccccc3-c3cncn32)CCC12CCOCC2. The molecule has 1 aromatic heterocycles. The third kappa shape index (κ3) is 1.82. The number of fused-ring (bicyclic) bond motifs is 3. The number of aliphatic hydroxyl groups is 1. The number of rotatable bonds is 1. The minimum Gasteiger partial charge on any atom is -0.392 e. The van der Waals surface area contributed by atoms with Gasteiger partial charge in [0.2, 0.25) is 0 Å². The van der Waals surface area contributed by atoms with Crippen LogP contribution in [0.2, 0.25) is 0 Å². The predicted molar refractivity (Wildman–Crippen MR) is 87.0 cm³/mol. The minimum absolute atomic E-state index is 0.0706. The zero-order chi connectivity index (χ0) is 15.4. The van der Waals surface area contributed by atoms with Crippen LogP contribution in [-0.4, -0.2) is 34.0 Å². The van der Waals surface area contributed by atoms with Gasteiger partial charge in [0.05, 0.1) is 30.4 Å². The number of nitrogens with zero attached hydrogens (tertiary/aromatic N) is 2. The summed E-state index contributed by atoms with van der Waals surface area (Å²) in [4.78, 5) is 4.35. The van der Waals surface area contributed by atoms with Gasteiger partial charge in [-0.15, -0.1) is 0 Å². The molecule has 1 aromatic carbocycles. The van der Waals surface area contributed by atoms with E-state index in [0.29, 0.717) is 0 Å². The van der Waals surface area contributed by atoms with Gasteiger partial charge in [0.15, 0.2) is 0 Å². The Bertz CT molecular complexity index is 732. The van der Waals surface area contributed by atoms with Crippen molar-refractivity contribution in [3.05, 3.63) is 42.4 Å². The highest BCUT2D eigenvalue weighted by molar-refractivity contribution is 5.69. The molecule has 1 N–H and O–H groups in total. The number of ether oxygens (including phenoxy) is 1. The van der Waals surface area contributed by atoms with E-state index in [0.717, 1.165) is 38.9 Å². The zero-order valence-corrected chi connectivity index (χ0v) is 13.2. The molecule has 120 valence electrons. The molecule has 1 saturated heterocycles. The molecule has 0 bridgehead atoms. The topological polar surface area (TPSA) is 47.3 Å². The Hall–Kier alpha value is -1.65. The highest BCUT2D eigenvalue weighted by Gasteiger charge is 2.52. The normalized spacial score (nSPS) is 31.3. The van der Waals surface area contributed by atoms with Gasteiger partial charge in [0.25, 0.3) is 0 Å². The molecule has 1 saturated carbocycles. The van der Waals surface area contributed by atoms with Gasteiger partial charge in [0.1, 0.15) is 0 Å². The van der Waals surface area contributed by atoms with Gasteiger partial charge in [-0.05, 0) is 31.2 Å². The van der Waals surface area contributed by atoms with Crippen LogP contribution in [0.1, 0.15) is 37.3 Å². The van der Waals surface area contributed by atoms with E-state index in [9.17, 15) is 5.11 Å². The molecular weight excluding hydrogens is 288 g/mol. The first-order valence-electron chi connectivity index (χ1n) is 8.67. The molecule has 3 aliphatic rings. The van der Waals surface area contributed by atoms with E-state index in [1.54, 1.807) is 0 Å². The smallest absolute Gasteiger partial charge is 0.0956 e. The third-order valence-corrected chi connectivity index (χ3v) is 6.42. The number of imidazole rings is 1. The van der Waals surface area contributed by atoms with Gasteiger partial charge in [-0.2, -0.15) is 0 Å². The van der Waals surface area contributed by atoms with Gasteiger partial charge in [-0.25, -0.2) is 4.98 Å². The average molecular weight is 310 g/mol. The fraction of sp³-hybridized carbons (Fsp3) is 0.526. The summed E-state index contributed by atoms with van der Waals surface area (Å²) < 4.78 is 7.81. The Morgan fingerprint density at radius 3 is 2.87 bits per heavy atom. The highest BCUT2D eigenvalue weighted by Crippen LogP contribution is 2.55. The van der Waals surface area contributed by atoms with E-state index >= 15 is 0 Å². The number of aliphatic hydroxyl groups excluding tert-OH is 1. The van der Waals surface area contributed by atoms with Crippen LogP contribution in [0.5, 0.6) is 0 Å². The summed E-state index contributed by atoms with van der Waals surface area (Å²) in [7, 11) is 0. The number of benzene rings is 1. The second kappa shape index (κ2) is 4.92. The Labute approximate surface area is 136 Å². The largest absolute Gasteiger partial charge is 0.392 e. The van der Waals surface area contributed by atoms with Gasteiger partial charge in [-0.1, -0.05) is 24.3 Å². The van der Waals surface area contributed by atoms with Crippen LogP contribution in [0.4, 0.5) is 0 Å². The minimum atomic E-state index is -0.252. The fourth-order valence-corrected chi connectivity index (χ4v) is 5.18. The quantitative estimate of drug-likeness (QED) is 0.881. The lowest BCUT2D eigenvalue weighted by atomic mass is 9.74. The van der Waals surface area contributed by atoms with Crippen LogP contribution >= 0.6 is 0 Å². The van der Waals surface area contributed by atoms with Crippen molar-refractivity contribution in [2.75, 3.05) is 13.2 Å². The van der Waals surface area contributed by atoms with E-state index in [2.05, 4.69) is 33.8 Å². The first-order valence-corrected chi connectivity index (χ1v) is 8.67. The van der Waals surface area contributed by atoms with Gasteiger partial charge in [0, 0.05) is 30.1 Å². The lowest BCUT2D eigenvalue weighted by Gasteiger charge is -2.38. The molecule has 0 unspecified atom stereocenters. The summed E-state index contributed by atoms with van der Waals surface area (Å²) in [6, 6.07) is 8.81. The molecule has 4 heteroatoms. The van der Waals surface area contributed by atoms with Crippen molar-refractivity contribution in [3.8, 4) is 11.3 Å². The Kier molecular flexibility index (Phi) is 2.94. The molecule has 2 aromatic rings. The van der Waals surface area contributed by atoms with Crippen LogP contribution < -0.4 is 0 Å². The molecule has 4 nitrogen and oxygen atoms in total. The molecule has 2 aliphatic heterocycles. The molecule has 0 amide bonds. The van der Waals surface area contributed by atoms with Crippen LogP contribution in [0.25, 0.3) is 11.3 Å². The first-order chi connectivity index (χ1) is 11.3. The molecular formula is C19H22N2O2. The van der Waals surface area contributed by atoms with Crippen LogP contribution in [-0.2, 0) is 4.74 Å². The lowest BCUT2D eigenvalue weighted by Crippen LogP contribution is -2.40. The van der Waals surface area contributed by atoms with Crippen molar-refractivity contribution in [2.24, 2.45) is 11.3 Å². The molecule has 3 atom stereocenters. The standard InChI is InChI=1S/C19H22N2O2/c22-18-15(5-6-19(18)7-9-23-10-8-19)17-14-4-2-1-3-13(14)16-11-20-12-21(16)17/h1-4,11-12,15,17-18,22H,5-10H2/t15-,17-,18-/m0/s1. The van der Waals surface area contributed by atoms with E-state index < -0.39 is 0 Å². The van der Waals surface area contributed by atoms with Crippen molar-refractivity contribution in [3.63, 3.8) is 0 Å². The predicted octanol–water partition coefficient (Wildman–Crippen LogP) is 3.02. The number of aromatic nitrogens is 2. The van der Waals surface area contributed by atoms with E-state index in [-0.39, 0.29) is 23.5 Å². The van der Waals surface area contributed by atoms with Crippen molar-refractivity contribution in [2.45, 2.75) is 37.8 Å². The van der Waals surface area contributed by atoms with Crippen molar-refractivity contribution in [1.29, 1.82) is 0 Å². The maximum atomic E-state index is 11.2. The third-order valence-electron chi connectivity index (χ3n) is 6.42. The molecule has 23 heavy (non-hydrogen) atoms. The van der Waals surface area contributed by atoms with Crippen LogP contribution in [0.3, 0.4) is 0 Å². The van der Waals surface area contributed by atoms with Crippen molar-refractivity contribution in [1.82, 2.24) is 9.55 Å². The molecule has 5 rings (SSSR count). The molecule has 1 spiro atoms. The van der Waals surface area contributed by atoms with Crippen LogP contribution in [0, 0.1) is 11.3 Å². The monoisotopic (exact) mass is 310 g/mol. The maximum Gasteiger partial charge on any atom is 0.0956 e. The van der Waals surface area contributed by atoms with E-state index in [1.807, 2.05) is 12.5 Å². The van der Waals surface area contributed by atoms with Gasteiger partial charge < -0.3 is 14.4 Å². The molecule has 0 radical (unpaired) electrons. The molecule has 3 heterocycles. The average Bonchev–Trinajstić information content (AvgIpc) is 3.25. The fourth-order valence-electron chi connectivity index (χ4n) is 5.18. The second-order valence-corrected chi connectivity index (χ2v) is 7.34. The van der Waals surface area contributed by atoms with Crippen molar-refractivity contribution < 1.29 is 9.84 Å². The maximum absolute atomic E-state index is 11.2. The summed E-state index contributed by atoms with van der Waals surface area (Å²) in [5, 5.41) is 11.2. The Morgan fingerprint density at radius 1 is 1.17 bits per heavy atom. The lowest BCUT2D eigenvalue weighted by molar-refractivity contribution is -0.0597. The summed E-state index contributed by atoms with van der Waals surface area (Å²) in [5.74, 6) is 0.268. The van der Waals surface area contributed by atoms with E-state index in [1.165, 1.54) is 16.8 Å². The van der Waals surface area contributed by atoms with Gasteiger partial charge in [-0.3, -0.25) is 0 Å².